The Morgan fingerprint density at radius 1 is 1.22 bits per heavy atom. The largest absolute Gasteiger partial charge is 0.417 e. The van der Waals surface area contributed by atoms with Crippen molar-refractivity contribution >= 4 is 40.2 Å². The van der Waals surface area contributed by atoms with Crippen LogP contribution in [0, 0.1) is 5.82 Å². The van der Waals surface area contributed by atoms with Gasteiger partial charge in [-0.15, -0.1) is 0 Å². The van der Waals surface area contributed by atoms with Crippen molar-refractivity contribution in [2.75, 3.05) is 30.3 Å². The lowest BCUT2D eigenvalue weighted by atomic mass is 9.98. The van der Waals surface area contributed by atoms with E-state index in [0.29, 0.717) is 25.7 Å². The Morgan fingerprint density at radius 2 is 1.94 bits per heavy atom. The first-order valence-corrected chi connectivity index (χ1v) is 10.2. The van der Waals surface area contributed by atoms with E-state index in [1.54, 1.807) is 4.90 Å². The lowest BCUT2D eigenvalue weighted by Gasteiger charge is -2.35. The monoisotopic (exact) mass is 490 g/mol. The minimum absolute atomic E-state index is 0.105. The summed E-state index contributed by atoms with van der Waals surface area (Å²) in [5, 5.41) is 6.13. The fourth-order valence-electron chi connectivity index (χ4n) is 3.77. The third-order valence-electron chi connectivity index (χ3n) is 5.30. The summed E-state index contributed by atoms with van der Waals surface area (Å²) < 4.78 is 58.0. The van der Waals surface area contributed by atoms with Crippen molar-refractivity contribution in [3.8, 4) is 11.1 Å². The smallest absolute Gasteiger partial charge is 0.397 e. The van der Waals surface area contributed by atoms with Crippen LogP contribution in [0.4, 0.5) is 29.1 Å². The third kappa shape index (κ3) is 3.63. The van der Waals surface area contributed by atoms with Crippen molar-refractivity contribution in [2.24, 2.45) is 0 Å². The third-order valence-corrected chi connectivity index (χ3v) is 5.89. The van der Waals surface area contributed by atoms with Crippen molar-refractivity contribution in [3.63, 3.8) is 0 Å². The summed E-state index contributed by atoms with van der Waals surface area (Å²) in [6.07, 6.45) is -3.97. The number of nitrogens with two attached hydrogens (primary N) is 1. The summed E-state index contributed by atoms with van der Waals surface area (Å²) in [6, 6.07) is 1.57. The molecule has 1 atom stereocenters. The maximum atomic E-state index is 14.9. The molecular formula is C19H16Cl2F4N6O. The molecule has 0 bridgehead atoms. The highest BCUT2D eigenvalue weighted by Gasteiger charge is 2.39. The van der Waals surface area contributed by atoms with Crippen LogP contribution in [0.15, 0.2) is 23.3 Å². The van der Waals surface area contributed by atoms with E-state index < -0.39 is 45.0 Å². The number of alkyl halides is 3. The van der Waals surface area contributed by atoms with Gasteiger partial charge in [0.2, 0.25) is 0 Å². The molecule has 0 saturated carbocycles. The highest BCUT2D eigenvalue weighted by Crippen LogP contribution is 2.43. The zero-order valence-electron chi connectivity index (χ0n) is 16.5. The summed E-state index contributed by atoms with van der Waals surface area (Å²) in [7, 11) is 0. The van der Waals surface area contributed by atoms with Gasteiger partial charge in [-0.3, -0.25) is 4.79 Å². The van der Waals surface area contributed by atoms with Crippen LogP contribution >= 0.6 is 23.2 Å². The molecule has 170 valence electrons. The van der Waals surface area contributed by atoms with Gasteiger partial charge in [-0.05, 0) is 19.1 Å². The highest BCUT2D eigenvalue weighted by molar-refractivity contribution is 6.37. The molecular weight excluding hydrogens is 475 g/mol. The maximum Gasteiger partial charge on any atom is 0.417 e. The Morgan fingerprint density at radius 3 is 2.59 bits per heavy atom. The van der Waals surface area contributed by atoms with Crippen LogP contribution in [0.5, 0.6) is 0 Å². The second kappa shape index (κ2) is 8.05. The van der Waals surface area contributed by atoms with E-state index in [0.717, 1.165) is 16.9 Å². The number of halogens is 6. The number of aromatic nitrogens is 3. The summed E-state index contributed by atoms with van der Waals surface area (Å²) >= 11 is 11.7. The molecule has 1 fully saturated rings. The number of nitrogens with one attached hydrogen (secondary N) is 1. The standard InChI is InChI=1S/C19H16Cl2F4N6O/c1-8-6-27-2-3-30(8)17-12-4-9(19(23,24)25)13(18(32)31(12)29-7-28-17)14-15(22)10(20)5-11(21)16(14)26/h4-5,7-8,27H,2-3,6,26H2,1H3/t8-/m0/s1. The predicted molar refractivity (Wildman–Crippen MR) is 114 cm³/mol. The summed E-state index contributed by atoms with van der Waals surface area (Å²) in [5.74, 6) is -1.14. The first-order valence-electron chi connectivity index (χ1n) is 9.41. The van der Waals surface area contributed by atoms with Crippen LogP contribution in [0.1, 0.15) is 12.5 Å². The molecule has 0 spiro atoms. The van der Waals surface area contributed by atoms with Crippen molar-refractivity contribution in [1.82, 2.24) is 19.9 Å². The second-order valence-corrected chi connectivity index (χ2v) is 8.12. The summed E-state index contributed by atoms with van der Waals surface area (Å²) in [6.45, 7) is 3.48. The lowest BCUT2D eigenvalue weighted by Crippen LogP contribution is -2.50. The van der Waals surface area contributed by atoms with Gasteiger partial charge in [0.05, 0.1) is 26.9 Å². The molecule has 3 aromatic rings. The van der Waals surface area contributed by atoms with Gasteiger partial charge in [0.25, 0.3) is 5.56 Å². The number of nitrogens with zero attached hydrogens (tertiary/aromatic N) is 4. The van der Waals surface area contributed by atoms with Crippen LogP contribution in [0.3, 0.4) is 0 Å². The SMILES string of the molecule is C[C@H]1CNCCN1c1ncnn2c(=O)c(-c3c(N)c(Cl)cc(Cl)c3F)c(C(F)(F)F)cc12. The maximum absolute atomic E-state index is 14.9. The number of rotatable bonds is 2. The Hall–Kier alpha value is -2.63. The molecule has 2 aromatic heterocycles. The fraction of sp³-hybridized carbons (Fsp3) is 0.316. The molecule has 0 radical (unpaired) electrons. The molecule has 4 rings (SSSR count). The van der Waals surface area contributed by atoms with Crippen LogP contribution in [-0.4, -0.2) is 40.3 Å². The average molecular weight is 491 g/mol. The van der Waals surface area contributed by atoms with Crippen molar-refractivity contribution in [1.29, 1.82) is 0 Å². The summed E-state index contributed by atoms with van der Waals surface area (Å²) in [4.78, 5) is 19.2. The highest BCUT2D eigenvalue weighted by atomic mass is 35.5. The minimum Gasteiger partial charge on any atom is -0.397 e. The van der Waals surface area contributed by atoms with Gasteiger partial charge in [-0.1, -0.05) is 23.2 Å². The molecule has 1 aromatic carbocycles. The van der Waals surface area contributed by atoms with Crippen LogP contribution < -0.4 is 21.5 Å². The van der Waals surface area contributed by atoms with Gasteiger partial charge in [-0.25, -0.2) is 9.37 Å². The van der Waals surface area contributed by atoms with Gasteiger partial charge in [-0.2, -0.15) is 22.8 Å². The van der Waals surface area contributed by atoms with E-state index in [-0.39, 0.29) is 22.4 Å². The number of fused-ring (bicyclic) bond motifs is 1. The van der Waals surface area contributed by atoms with E-state index in [4.69, 9.17) is 28.9 Å². The molecule has 0 unspecified atom stereocenters. The van der Waals surface area contributed by atoms with Gasteiger partial charge in [0, 0.05) is 31.2 Å². The van der Waals surface area contributed by atoms with E-state index in [1.165, 1.54) is 0 Å². The molecule has 0 aliphatic carbocycles. The Balaban J connectivity index is 2.12. The summed E-state index contributed by atoms with van der Waals surface area (Å²) in [5.41, 5.74) is 0.575. The molecule has 32 heavy (non-hydrogen) atoms. The molecule has 3 heterocycles. The number of pyridine rings is 1. The molecule has 1 aliphatic heterocycles. The first kappa shape index (κ1) is 22.6. The van der Waals surface area contributed by atoms with E-state index in [9.17, 15) is 22.4 Å². The molecule has 3 N–H and O–H groups in total. The number of hydrogen-bond acceptors (Lipinski definition) is 6. The molecule has 0 amide bonds. The Bertz CT molecular complexity index is 1250. The van der Waals surface area contributed by atoms with Crippen molar-refractivity contribution in [3.05, 3.63) is 50.2 Å². The van der Waals surface area contributed by atoms with Crippen LogP contribution in [0.25, 0.3) is 16.6 Å². The topological polar surface area (TPSA) is 88.5 Å². The van der Waals surface area contributed by atoms with E-state index >= 15 is 0 Å². The van der Waals surface area contributed by atoms with E-state index in [2.05, 4.69) is 15.4 Å². The lowest BCUT2D eigenvalue weighted by molar-refractivity contribution is -0.137. The van der Waals surface area contributed by atoms with Gasteiger partial charge in [0.15, 0.2) is 11.6 Å². The van der Waals surface area contributed by atoms with E-state index in [1.807, 2.05) is 6.92 Å². The molecule has 1 aliphatic rings. The quantitative estimate of drug-likeness (QED) is 0.324. The molecule has 1 saturated heterocycles. The zero-order chi connectivity index (χ0) is 23.4. The van der Waals surface area contributed by atoms with Crippen LogP contribution in [0.2, 0.25) is 10.0 Å². The van der Waals surface area contributed by atoms with Crippen molar-refractivity contribution in [2.45, 2.75) is 19.1 Å². The Labute approximate surface area is 188 Å². The zero-order valence-corrected chi connectivity index (χ0v) is 18.0. The molecule has 7 nitrogen and oxygen atoms in total. The average Bonchev–Trinajstić information content (AvgIpc) is 2.73. The van der Waals surface area contributed by atoms with Crippen molar-refractivity contribution < 1.29 is 17.6 Å². The number of piperazine rings is 1. The number of nitrogen functional groups attached to an aromatic ring is 1. The Kier molecular flexibility index (Phi) is 5.68. The van der Waals surface area contributed by atoms with Crippen LogP contribution in [-0.2, 0) is 6.18 Å². The second-order valence-electron chi connectivity index (χ2n) is 7.31. The normalized spacial score (nSPS) is 17.2. The number of benzene rings is 1. The predicted octanol–water partition coefficient (Wildman–Crippen LogP) is 3.60. The first-order chi connectivity index (χ1) is 15.0. The van der Waals surface area contributed by atoms with Gasteiger partial charge in [0.1, 0.15) is 11.8 Å². The minimum atomic E-state index is -5.03. The number of anilines is 2. The van der Waals surface area contributed by atoms with Gasteiger partial charge < -0.3 is 16.0 Å². The fourth-order valence-corrected chi connectivity index (χ4v) is 4.23. The molecule has 13 heteroatoms. The van der Waals surface area contributed by atoms with Gasteiger partial charge >= 0.3 is 6.18 Å². The number of hydrogen-bond donors (Lipinski definition) is 2.